The summed E-state index contributed by atoms with van der Waals surface area (Å²) < 4.78 is 15.0. The number of benzene rings is 2. The molecule has 1 aliphatic rings. The van der Waals surface area contributed by atoms with Gasteiger partial charge in [0.1, 0.15) is 5.82 Å². The maximum Gasteiger partial charge on any atom is 0.141 e. The van der Waals surface area contributed by atoms with Gasteiger partial charge >= 0.3 is 0 Å². The van der Waals surface area contributed by atoms with Crippen molar-refractivity contribution >= 4 is 24.0 Å². The Balaban J connectivity index is 0.00000225. The van der Waals surface area contributed by atoms with Crippen LogP contribution in [-0.4, -0.2) is 39.5 Å². The zero-order valence-electron chi connectivity index (χ0n) is 15.2. The second kappa shape index (κ2) is 9.01. The number of rotatable bonds is 5. The molecular weight excluding hydrogens is 400 g/mol. The third-order valence-electron chi connectivity index (χ3n) is 5.14. The maximum atomic E-state index is 13.3. The van der Waals surface area contributed by atoms with Crippen LogP contribution in [0.25, 0.3) is 5.69 Å². The van der Waals surface area contributed by atoms with Crippen molar-refractivity contribution in [3.05, 3.63) is 76.8 Å². The molecular formula is C20H22Cl2FN5. The Bertz CT molecular complexity index is 918. The van der Waals surface area contributed by atoms with Crippen LogP contribution >= 0.6 is 24.0 Å². The van der Waals surface area contributed by atoms with E-state index in [-0.39, 0.29) is 17.4 Å². The summed E-state index contributed by atoms with van der Waals surface area (Å²) in [6, 6.07) is 15.0. The molecule has 8 heteroatoms. The van der Waals surface area contributed by atoms with E-state index in [0.29, 0.717) is 30.6 Å². The summed E-state index contributed by atoms with van der Waals surface area (Å²) in [7, 11) is 0. The van der Waals surface area contributed by atoms with Crippen LogP contribution in [-0.2, 0) is 6.54 Å². The molecule has 3 aromatic rings. The molecule has 4 rings (SSSR count). The van der Waals surface area contributed by atoms with E-state index < -0.39 is 5.82 Å². The summed E-state index contributed by atoms with van der Waals surface area (Å²) in [6.07, 6.45) is 1.86. The quantitative estimate of drug-likeness (QED) is 0.682. The molecule has 2 atom stereocenters. The molecule has 0 unspecified atom stereocenters. The molecule has 2 aromatic carbocycles. The summed E-state index contributed by atoms with van der Waals surface area (Å²) in [5.41, 5.74) is 8.90. The van der Waals surface area contributed by atoms with E-state index in [0.717, 1.165) is 18.8 Å². The average Bonchev–Trinajstić information content (AvgIpc) is 3.32. The van der Waals surface area contributed by atoms with Crippen molar-refractivity contribution in [3.8, 4) is 5.69 Å². The standard InChI is InChI=1S/C20H21ClFN5.ClH/c21-19-8-17(6-7-20(19)22)27-12-16(24-25-27)11-26-10-15(9-23)18(13-26)14-4-2-1-3-5-14;/h1-8,12,15,18H,9-11,13,23H2;1H/t15-,18+;/m1./s1. The molecule has 1 aliphatic heterocycles. The predicted molar refractivity (Wildman–Crippen MR) is 111 cm³/mol. The van der Waals surface area contributed by atoms with Crippen LogP contribution < -0.4 is 5.73 Å². The molecule has 0 amide bonds. The van der Waals surface area contributed by atoms with Crippen molar-refractivity contribution < 1.29 is 4.39 Å². The lowest BCUT2D eigenvalue weighted by atomic mass is 9.89. The zero-order chi connectivity index (χ0) is 18.8. The van der Waals surface area contributed by atoms with Crippen molar-refractivity contribution in [2.24, 2.45) is 11.7 Å². The Labute approximate surface area is 174 Å². The number of hydrogen-bond acceptors (Lipinski definition) is 4. The fourth-order valence-corrected chi connectivity index (χ4v) is 3.93. The van der Waals surface area contributed by atoms with Gasteiger partial charge in [-0.25, -0.2) is 9.07 Å². The normalized spacial score (nSPS) is 19.5. The van der Waals surface area contributed by atoms with Gasteiger partial charge in [0.2, 0.25) is 0 Å². The predicted octanol–water partition coefficient (Wildman–Crippen LogP) is 3.66. The molecule has 0 radical (unpaired) electrons. The minimum atomic E-state index is -0.447. The van der Waals surface area contributed by atoms with Gasteiger partial charge in [-0.2, -0.15) is 0 Å². The molecule has 5 nitrogen and oxygen atoms in total. The van der Waals surface area contributed by atoms with Crippen LogP contribution in [0.1, 0.15) is 17.2 Å². The molecule has 0 aliphatic carbocycles. The summed E-state index contributed by atoms with van der Waals surface area (Å²) in [5, 5.41) is 8.48. The van der Waals surface area contributed by atoms with Crippen LogP contribution in [0.2, 0.25) is 5.02 Å². The molecule has 1 saturated heterocycles. The first-order chi connectivity index (χ1) is 13.1. The van der Waals surface area contributed by atoms with Gasteiger partial charge < -0.3 is 5.73 Å². The second-order valence-electron chi connectivity index (χ2n) is 6.96. The Morgan fingerprint density at radius 2 is 1.93 bits per heavy atom. The molecule has 1 fully saturated rings. The summed E-state index contributed by atoms with van der Waals surface area (Å²) in [5.74, 6) is 0.415. The Kier molecular flexibility index (Phi) is 6.67. The minimum Gasteiger partial charge on any atom is -0.330 e. The van der Waals surface area contributed by atoms with Gasteiger partial charge in [0.15, 0.2) is 0 Å². The lowest BCUT2D eigenvalue weighted by molar-refractivity contribution is 0.313. The van der Waals surface area contributed by atoms with Crippen LogP contribution in [0, 0.1) is 11.7 Å². The molecule has 28 heavy (non-hydrogen) atoms. The lowest BCUT2D eigenvalue weighted by Crippen LogP contribution is -2.23. The van der Waals surface area contributed by atoms with Crippen LogP contribution in [0.3, 0.4) is 0 Å². The number of aromatic nitrogens is 3. The summed E-state index contributed by atoms with van der Waals surface area (Å²) in [4.78, 5) is 2.36. The highest BCUT2D eigenvalue weighted by molar-refractivity contribution is 6.30. The van der Waals surface area contributed by atoms with Gasteiger partial charge in [-0.1, -0.05) is 47.1 Å². The highest BCUT2D eigenvalue weighted by Gasteiger charge is 2.33. The fourth-order valence-electron chi connectivity index (χ4n) is 3.76. The molecule has 0 spiro atoms. The van der Waals surface area contributed by atoms with Crippen LogP contribution in [0.5, 0.6) is 0 Å². The second-order valence-corrected chi connectivity index (χ2v) is 7.37. The van der Waals surface area contributed by atoms with Gasteiger partial charge in [0.05, 0.1) is 22.6 Å². The number of nitrogens with two attached hydrogens (primary N) is 1. The highest BCUT2D eigenvalue weighted by Crippen LogP contribution is 2.32. The number of nitrogens with zero attached hydrogens (tertiary/aromatic N) is 4. The van der Waals surface area contributed by atoms with E-state index in [9.17, 15) is 4.39 Å². The van der Waals surface area contributed by atoms with Crippen molar-refractivity contribution in [1.29, 1.82) is 0 Å². The van der Waals surface area contributed by atoms with Crippen LogP contribution in [0.15, 0.2) is 54.7 Å². The number of halogens is 3. The molecule has 0 bridgehead atoms. The summed E-state index contributed by atoms with van der Waals surface area (Å²) in [6.45, 7) is 3.25. The molecule has 0 saturated carbocycles. The maximum absolute atomic E-state index is 13.3. The van der Waals surface area contributed by atoms with Gasteiger partial charge in [-0.15, -0.1) is 17.5 Å². The first-order valence-corrected chi connectivity index (χ1v) is 9.36. The monoisotopic (exact) mass is 421 g/mol. The number of likely N-dealkylation sites (tertiary alicyclic amines) is 1. The largest absolute Gasteiger partial charge is 0.330 e. The molecule has 2 N–H and O–H groups in total. The van der Waals surface area contributed by atoms with Crippen molar-refractivity contribution in [1.82, 2.24) is 19.9 Å². The minimum absolute atomic E-state index is 0. The van der Waals surface area contributed by atoms with E-state index in [1.54, 1.807) is 16.8 Å². The van der Waals surface area contributed by atoms with E-state index in [2.05, 4.69) is 39.5 Å². The zero-order valence-corrected chi connectivity index (χ0v) is 16.8. The average molecular weight is 422 g/mol. The Hall–Kier alpha value is -1.99. The third kappa shape index (κ3) is 4.36. The first kappa shape index (κ1) is 20.7. The third-order valence-corrected chi connectivity index (χ3v) is 5.43. The first-order valence-electron chi connectivity index (χ1n) is 8.98. The topological polar surface area (TPSA) is 60.0 Å². The van der Waals surface area contributed by atoms with Gasteiger partial charge in [-0.3, -0.25) is 4.90 Å². The number of hydrogen-bond donors (Lipinski definition) is 1. The van der Waals surface area contributed by atoms with E-state index in [4.69, 9.17) is 17.3 Å². The van der Waals surface area contributed by atoms with Gasteiger partial charge in [-0.05, 0) is 36.2 Å². The van der Waals surface area contributed by atoms with E-state index in [1.165, 1.54) is 11.6 Å². The van der Waals surface area contributed by atoms with E-state index in [1.807, 2.05) is 12.3 Å². The summed E-state index contributed by atoms with van der Waals surface area (Å²) >= 11 is 5.86. The highest BCUT2D eigenvalue weighted by atomic mass is 35.5. The smallest absolute Gasteiger partial charge is 0.141 e. The van der Waals surface area contributed by atoms with Crippen molar-refractivity contribution in [2.75, 3.05) is 19.6 Å². The van der Waals surface area contributed by atoms with Gasteiger partial charge in [0, 0.05) is 25.6 Å². The fraction of sp³-hybridized carbons (Fsp3) is 0.300. The lowest BCUT2D eigenvalue weighted by Gasteiger charge is -2.16. The Morgan fingerprint density at radius 1 is 1.14 bits per heavy atom. The van der Waals surface area contributed by atoms with Gasteiger partial charge in [0.25, 0.3) is 0 Å². The van der Waals surface area contributed by atoms with Crippen molar-refractivity contribution in [3.63, 3.8) is 0 Å². The molecule has 2 heterocycles. The SMILES string of the molecule is Cl.NC[C@@H]1CN(Cc2cn(-c3ccc(F)c(Cl)c3)nn2)C[C@H]1c1ccccc1. The molecule has 1 aromatic heterocycles. The molecule has 148 valence electrons. The Morgan fingerprint density at radius 3 is 2.64 bits per heavy atom. The van der Waals surface area contributed by atoms with Crippen molar-refractivity contribution in [2.45, 2.75) is 12.5 Å². The van der Waals surface area contributed by atoms with Crippen LogP contribution in [0.4, 0.5) is 4.39 Å². The van der Waals surface area contributed by atoms with E-state index >= 15 is 0 Å².